The Morgan fingerprint density at radius 2 is 2.07 bits per heavy atom. The highest BCUT2D eigenvalue weighted by Gasteiger charge is 2.24. The minimum atomic E-state index is 0.725. The van der Waals surface area contributed by atoms with Gasteiger partial charge in [-0.1, -0.05) is 5.16 Å². The molecule has 6 heteroatoms. The molecule has 0 N–H and O–H groups in total. The van der Waals surface area contributed by atoms with Gasteiger partial charge in [0.2, 0.25) is 5.95 Å². The molecule has 0 bridgehead atoms. The average molecular weight is 257 g/mol. The second-order valence-electron chi connectivity index (χ2n) is 2.90. The lowest BCUT2D eigenvalue weighted by Crippen LogP contribution is -2.48. The van der Waals surface area contributed by atoms with Crippen molar-refractivity contribution < 1.29 is 4.84 Å². The first kappa shape index (κ1) is 9.39. The normalized spacial score (nSPS) is 15.0. The summed E-state index contributed by atoms with van der Waals surface area (Å²) in [5.41, 5.74) is 1.01. The smallest absolute Gasteiger partial charge is 0.226 e. The third-order valence-corrected chi connectivity index (χ3v) is 2.27. The second kappa shape index (κ2) is 3.91. The van der Waals surface area contributed by atoms with E-state index in [4.69, 9.17) is 0 Å². The summed E-state index contributed by atoms with van der Waals surface area (Å²) in [6.45, 7) is 1.49. The summed E-state index contributed by atoms with van der Waals surface area (Å²) in [4.78, 5) is 15.0. The highest BCUT2D eigenvalue weighted by Crippen LogP contribution is 2.15. The number of rotatable bonds is 2. The molecule has 1 aliphatic rings. The van der Waals surface area contributed by atoms with Crippen LogP contribution in [0.4, 0.5) is 5.95 Å². The molecule has 0 saturated carbocycles. The highest BCUT2D eigenvalue weighted by molar-refractivity contribution is 9.10. The molecule has 1 aromatic heterocycles. The number of nitrogens with zero attached hydrogens (tertiary/aromatic N) is 4. The monoisotopic (exact) mass is 256 g/mol. The summed E-state index contributed by atoms with van der Waals surface area (Å²) >= 11 is 3.28. The van der Waals surface area contributed by atoms with Crippen molar-refractivity contribution >= 4 is 27.6 Å². The van der Waals surface area contributed by atoms with Crippen molar-refractivity contribution in [2.75, 3.05) is 25.1 Å². The quantitative estimate of drug-likeness (QED) is 0.743. The third-order valence-electron chi connectivity index (χ3n) is 1.86. The van der Waals surface area contributed by atoms with E-state index in [0.29, 0.717) is 0 Å². The molecule has 0 amide bonds. The number of halogens is 1. The van der Waals surface area contributed by atoms with Crippen molar-refractivity contribution in [1.82, 2.24) is 9.97 Å². The van der Waals surface area contributed by atoms with Crippen LogP contribution in [0, 0.1) is 0 Å². The Kier molecular flexibility index (Phi) is 2.62. The molecular weight excluding hydrogens is 248 g/mol. The van der Waals surface area contributed by atoms with Gasteiger partial charge in [0.15, 0.2) is 0 Å². The number of anilines is 1. The molecule has 2 rings (SSSR count). The minimum Gasteiger partial charge on any atom is -0.399 e. The first-order chi connectivity index (χ1) is 6.79. The van der Waals surface area contributed by atoms with Crippen molar-refractivity contribution in [1.29, 1.82) is 0 Å². The van der Waals surface area contributed by atoms with Crippen LogP contribution < -0.4 is 4.90 Å². The van der Waals surface area contributed by atoms with Crippen molar-refractivity contribution in [3.8, 4) is 0 Å². The Balaban J connectivity index is 2.00. The Morgan fingerprint density at radius 1 is 1.43 bits per heavy atom. The van der Waals surface area contributed by atoms with Crippen LogP contribution in [0.5, 0.6) is 0 Å². The molecule has 0 spiro atoms. The van der Waals surface area contributed by atoms with Gasteiger partial charge in [0.25, 0.3) is 0 Å². The maximum atomic E-state index is 4.66. The first-order valence-electron chi connectivity index (χ1n) is 4.11. The van der Waals surface area contributed by atoms with Gasteiger partial charge in [-0.3, -0.25) is 0 Å². The van der Waals surface area contributed by atoms with Crippen LogP contribution in [0.25, 0.3) is 0 Å². The second-order valence-corrected chi connectivity index (χ2v) is 3.81. The number of aromatic nitrogens is 2. The molecule has 5 nitrogen and oxygen atoms in total. The van der Waals surface area contributed by atoms with Crippen molar-refractivity contribution in [3.63, 3.8) is 0 Å². The zero-order valence-electron chi connectivity index (χ0n) is 7.64. The lowest BCUT2D eigenvalue weighted by Gasteiger charge is -2.31. The molecule has 0 aliphatic carbocycles. The van der Waals surface area contributed by atoms with Crippen LogP contribution >= 0.6 is 15.9 Å². The predicted octanol–water partition coefficient (Wildman–Crippen LogP) is 1.06. The summed E-state index contributed by atoms with van der Waals surface area (Å²) in [5, 5.41) is 3.83. The van der Waals surface area contributed by atoms with E-state index in [0.717, 1.165) is 29.2 Å². The van der Waals surface area contributed by atoms with Gasteiger partial charge in [0.05, 0.1) is 23.3 Å². The van der Waals surface area contributed by atoms with Gasteiger partial charge in [-0.15, -0.1) is 0 Å². The van der Waals surface area contributed by atoms with E-state index in [9.17, 15) is 0 Å². The molecule has 0 atom stereocenters. The van der Waals surface area contributed by atoms with Gasteiger partial charge in [0.1, 0.15) is 7.11 Å². The molecule has 2 heterocycles. The van der Waals surface area contributed by atoms with Crippen molar-refractivity contribution in [2.24, 2.45) is 5.16 Å². The fraction of sp³-hybridized carbons (Fsp3) is 0.375. The first-order valence-corrected chi connectivity index (χ1v) is 4.90. The zero-order valence-corrected chi connectivity index (χ0v) is 9.23. The number of hydrogen-bond donors (Lipinski definition) is 0. The van der Waals surface area contributed by atoms with Crippen LogP contribution in [0.3, 0.4) is 0 Å². The van der Waals surface area contributed by atoms with Crippen LogP contribution in [0.15, 0.2) is 22.0 Å². The van der Waals surface area contributed by atoms with E-state index in [-0.39, 0.29) is 0 Å². The molecule has 0 unspecified atom stereocenters. The van der Waals surface area contributed by atoms with Gasteiger partial charge < -0.3 is 9.74 Å². The minimum absolute atomic E-state index is 0.725. The zero-order chi connectivity index (χ0) is 9.97. The molecule has 14 heavy (non-hydrogen) atoms. The fourth-order valence-corrected chi connectivity index (χ4v) is 1.40. The molecule has 1 saturated heterocycles. The van der Waals surface area contributed by atoms with E-state index in [1.807, 2.05) is 4.90 Å². The van der Waals surface area contributed by atoms with Crippen LogP contribution in [0.1, 0.15) is 0 Å². The van der Waals surface area contributed by atoms with Gasteiger partial charge in [-0.25, -0.2) is 9.97 Å². The Morgan fingerprint density at radius 3 is 2.64 bits per heavy atom. The molecule has 0 radical (unpaired) electrons. The van der Waals surface area contributed by atoms with E-state index in [1.165, 1.54) is 0 Å². The van der Waals surface area contributed by atoms with E-state index in [2.05, 4.69) is 35.9 Å². The van der Waals surface area contributed by atoms with E-state index < -0.39 is 0 Å². The van der Waals surface area contributed by atoms with E-state index >= 15 is 0 Å². The SMILES string of the molecule is CON=C1CN(c2ncc(Br)cn2)C1. The van der Waals surface area contributed by atoms with Crippen molar-refractivity contribution in [3.05, 3.63) is 16.9 Å². The maximum absolute atomic E-state index is 4.66. The summed E-state index contributed by atoms with van der Waals surface area (Å²) in [5.74, 6) is 0.725. The molecule has 0 aromatic carbocycles. The number of hydrogen-bond acceptors (Lipinski definition) is 5. The Labute approximate surface area is 89.9 Å². The predicted molar refractivity (Wildman–Crippen MR) is 56.4 cm³/mol. The molecule has 1 aromatic rings. The van der Waals surface area contributed by atoms with Gasteiger partial charge in [-0.05, 0) is 15.9 Å². The van der Waals surface area contributed by atoms with Gasteiger partial charge >= 0.3 is 0 Å². The Hall–Kier alpha value is -1.17. The van der Waals surface area contributed by atoms with Crippen LogP contribution in [-0.4, -0.2) is 35.9 Å². The topological polar surface area (TPSA) is 50.6 Å². The third kappa shape index (κ3) is 1.84. The van der Waals surface area contributed by atoms with E-state index in [1.54, 1.807) is 19.5 Å². The fourth-order valence-electron chi connectivity index (χ4n) is 1.19. The molecule has 1 aliphatic heterocycles. The summed E-state index contributed by atoms with van der Waals surface area (Å²) < 4.78 is 0.882. The summed E-state index contributed by atoms with van der Waals surface area (Å²) in [6, 6.07) is 0. The lowest BCUT2D eigenvalue weighted by atomic mass is 10.2. The van der Waals surface area contributed by atoms with Crippen molar-refractivity contribution in [2.45, 2.75) is 0 Å². The Bertz CT molecular complexity index is 343. The average Bonchev–Trinajstić information content (AvgIpc) is 2.13. The van der Waals surface area contributed by atoms with Crippen LogP contribution in [-0.2, 0) is 4.84 Å². The lowest BCUT2D eigenvalue weighted by molar-refractivity contribution is 0.211. The van der Waals surface area contributed by atoms with Gasteiger partial charge in [-0.2, -0.15) is 0 Å². The molecular formula is C8H9BrN4O. The molecule has 1 fully saturated rings. The summed E-state index contributed by atoms with van der Waals surface area (Å²) in [7, 11) is 1.55. The highest BCUT2D eigenvalue weighted by atomic mass is 79.9. The van der Waals surface area contributed by atoms with Gasteiger partial charge in [0, 0.05) is 12.4 Å². The largest absolute Gasteiger partial charge is 0.399 e. The number of oxime groups is 1. The molecule has 74 valence electrons. The van der Waals surface area contributed by atoms with Crippen LogP contribution in [0.2, 0.25) is 0 Å². The maximum Gasteiger partial charge on any atom is 0.226 e. The standard InChI is InChI=1S/C8H9BrN4O/c1-14-12-7-4-13(5-7)8-10-2-6(9)3-11-8/h2-3H,4-5H2,1H3. The summed E-state index contributed by atoms with van der Waals surface area (Å²) in [6.07, 6.45) is 3.46.